The molecule has 1 aliphatic carbocycles. The number of rotatable bonds is 2. The summed E-state index contributed by atoms with van der Waals surface area (Å²) in [4.78, 5) is 8.65. The molecule has 100 valence electrons. The van der Waals surface area contributed by atoms with E-state index in [0.717, 1.165) is 21.2 Å². The van der Waals surface area contributed by atoms with E-state index in [4.69, 9.17) is 5.73 Å². The number of hydrogen-bond donors (Lipinski definition) is 2. The van der Waals surface area contributed by atoms with E-state index >= 15 is 0 Å². The average Bonchev–Trinajstić information content (AvgIpc) is 2.41. The number of halogens is 1. The molecule has 1 heterocycles. The third-order valence-electron chi connectivity index (χ3n) is 3.62. The zero-order valence-corrected chi connectivity index (χ0v) is 12.3. The lowest BCUT2D eigenvalue weighted by molar-refractivity contribution is 0.462. The quantitative estimate of drug-likeness (QED) is 0.885. The van der Waals surface area contributed by atoms with Gasteiger partial charge in [-0.05, 0) is 31.0 Å². The Morgan fingerprint density at radius 3 is 2.74 bits per heavy atom. The van der Waals surface area contributed by atoms with Crippen LogP contribution in [0, 0.1) is 0 Å². The maximum atomic E-state index is 5.79. The maximum absolute atomic E-state index is 5.79. The second-order valence-corrected chi connectivity index (χ2v) is 5.99. The molecule has 1 fully saturated rings. The van der Waals surface area contributed by atoms with Crippen LogP contribution < -0.4 is 11.1 Å². The number of nitrogens with two attached hydrogens (primary N) is 1. The van der Waals surface area contributed by atoms with Crippen LogP contribution in [-0.2, 0) is 0 Å². The van der Waals surface area contributed by atoms with Crippen LogP contribution in [-0.4, -0.2) is 16.0 Å². The second-order valence-electron chi connectivity index (χ2n) is 5.07. The summed E-state index contributed by atoms with van der Waals surface area (Å²) in [5.74, 6) is 1.18. The van der Waals surface area contributed by atoms with Crippen molar-refractivity contribution < 1.29 is 0 Å². The molecule has 19 heavy (non-hydrogen) atoms. The Balaban J connectivity index is 1.98. The van der Waals surface area contributed by atoms with E-state index in [2.05, 4.69) is 31.2 Å². The number of aromatic nitrogens is 2. The van der Waals surface area contributed by atoms with Gasteiger partial charge in [-0.15, -0.1) is 0 Å². The highest BCUT2D eigenvalue weighted by atomic mass is 79.9. The third-order valence-corrected chi connectivity index (χ3v) is 4.11. The van der Waals surface area contributed by atoms with Crippen molar-refractivity contribution in [2.75, 3.05) is 11.1 Å². The largest absolute Gasteiger partial charge is 0.368 e. The SMILES string of the molecule is Nc1nc(NC2CCCCC2)c2cc(Br)ccc2n1. The summed E-state index contributed by atoms with van der Waals surface area (Å²) in [6.45, 7) is 0. The molecule has 0 radical (unpaired) electrons. The highest BCUT2D eigenvalue weighted by Crippen LogP contribution is 2.28. The van der Waals surface area contributed by atoms with E-state index < -0.39 is 0 Å². The summed E-state index contributed by atoms with van der Waals surface area (Å²) < 4.78 is 1.03. The number of benzene rings is 1. The minimum Gasteiger partial charge on any atom is -0.368 e. The summed E-state index contributed by atoms with van der Waals surface area (Å²) >= 11 is 3.50. The Hall–Kier alpha value is -1.36. The van der Waals surface area contributed by atoms with Gasteiger partial charge in [0.1, 0.15) is 5.82 Å². The van der Waals surface area contributed by atoms with Crippen molar-refractivity contribution >= 4 is 38.6 Å². The third kappa shape index (κ3) is 2.81. The normalized spacial score (nSPS) is 16.7. The molecule has 2 aromatic rings. The molecule has 0 saturated heterocycles. The van der Waals surface area contributed by atoms with E-state index in [1.165, 1.54) is 32.1 Å². The zero-order valence-electron chi connectivity index (χ0n) is 10.7. The van der Waals surface area contributed by atoms with Gasteiger partial charge in [0.05, 0.1) is 5.52 Å². The Morgan fingerprint density at radius 2 is 1.95 bits per heavy atom. The monoisotopic (exact) mass is 320 g/mol. The Kier molecular flexibility index (Phi) is 3.55. The van der Waals surface area contributed by atoms with Crippen LogP contribution >= 0.6 is 15.9 Å². The molecule has 3 rings (SSSR count). The van der Waals surface area contributed by atoms with E-state index in [-0.39, 0.29) is 0 Å². The smallest absolute Gasteiger partial charge is 0.222 e. The van der Waals surface area contributed by atoms with E-state index in [9.17, 15) is 0 Å². The highest BCUT2D eigenvalue weighted by Gasteiger charge is 2.15. The molecule has 0 bridgehead atoms. The van der Waals surface area contributed by atoms with Crippen molar-refractivity contribution in [3.8, 4) is 0 Å². The molecule has 1 aromatic carbocycles. The first kappa shape index (κ1) is 12.7. The van der Waals surface area contributed by atoms with Gasteiger partial charge in [0, 0.05) is 15.9 Å². The van der Waals surface area contributed by atoms with Gasteiger partial charge in [-0.25, -0.2) is 4.98 Å². The predicted octanol–water partition coefficient (Wildman–Crippen LogP) is 3.72. The highest BCUT2D eigenvalue weighted by molar-refractivity contribution is 9.10. The van der Waals surface area contributed by atoms with Crippen molar-refractivity contribution in [2.45, 2.75) is 38.1 Å². The van der Waals surface area contributed by atoms with Crippen LogP contribution in [0.15, 0.2) is 22.7 Å². The van der Waals surface area contributed by atoms with Gasteiger partial charge < -0.3 is 11.1 Å². The molecule has 4 nitrogen and oxygen atoms in total. The van der Waals surface area contributed by atoms with E-state index in [0.29, 0.717) is 12.0 Å². The Labute approximate surface area is 120 Å². The molecular formula is C14H17BrN4. The first-order valence-electron chi connectivity index (χ1n) is 6.72. The summed E-state index contributed by atoms with van der Waals surface area (Å²) in [5.41, 5.74) is 6.68. The number of fused-ring (bicyclic) bond motifs is 1. The van der Waals surface area contributed by atoms with Crippen LogP contribution in [0.25, 0.3) is 10.9 Å². The lowest BCUT2D eigenvalue weighted by Gasteiger charge is -2.24. The second kappa shape index (κ2) is 5.33. The molecule has 0 amide bonds. The van der Waals surface area contributed by atoms with Crippen molar-refractivity contribution in [1.82, 2.24) is 9.97 Å². The summed E-state index contributed by atoms with van der Waals surface area (Å²) in [6, 6.07) is 6.48. The molecule has 0 aliphatic heterocycles. The number of hydrogen-bond acceptors (Lipinski definition) is 4. The van der Waals surface area contributed by atoms with Gasteiger partial charge in [-0.3, -0.25) is 0 Å². The van der Waals surface area contributed by atoms with Crippen LogP contribution in [0.2, 0.25) is 0 Å². The number of nitrogen functional groups attached to an aromatic ring is 1. The molecule has 0 spiro atoms. The lowest BCUT2D eigenvalue weighted by Crippen LogP contribution is -2.23. The van der Waals surface area contributed by atoms with Gasteiger partial charge in [-0.2, -0.15) is 4.98 Å². The van der Waals surface area contributed by atoms with Gasteiger partial charge in [-0.1, -0.05) is 35.2 Å². The minimum absolute atomic E-state index is 0.327. The fourth-order valence-corrected chi connectivity index (χ4v) is 3.03. The van der Waals surface area contributed by atoms with Gasteiger partial charge in [0.25, 0.3) is 0 Å². The fourth-order valence-electron chi connectivity index (χ4n) is 2.67. The molecule has 0 atom stereocenters. The van der Waals surface area contributed by atoms with Crippen molar-refractivity contribution in [3.63, 3.8) is 0 Å². The van der Waals surface area contributed by atoms with Crippen LogP contribution in [0.3, 0.4) is 0 Å². The summed E-state index contributed by atoms with van der Waals surface area (Å²) in [7, 11) is 0. The molecule has 5 heteroatoms. The first-order chi connectivity index (χ1) is 9.22. The van der Waals surface area contributed by atoms with Gasteiger partial charge in [0.15, 0.2) is 0 Å². The molecule has 1 aromatic heterocycles. The Morgan fingerprint density at radius 1 is 1.16 bits per heavy atom. The van der Waals surface area contributed by atoms with Crippen LogP contribution in [0.5, 0.6) is 0 Å². The molecule has 1 aliphatic rings. The van der Waals surface area contributed by atoms with Gasteiger partial charge >= 0.3 is 0 Å². The number of nitrogens with zero attached hydrogens (tertiary/aromatic N) is 2. The molecule has 0 unspecified atom stereocenters. The topological polar surface area (TPSA) is 63.8 Å². The number of nitrogens with one attached hydrogen (secondary N) is 1. The molecular weight excluding hydrogens is 304 g/mol. The van der Waals surface area contributed by atoms with Crippen LogP contribution in [0.4, 0.5) is 11.8 Å². The maximum Gasteiger partial charge on any atom is 0.222 e. The van der Waals surface area contributed by atoms with Crippen molar-refractivity contribution in [2.24, 2.45) is 0 Å². The summed E-state index contributed by atoms with van der Waals surface area (Å²) in [6.07, 6.45) is 6.34. The van der Waals surface area contributed by atoms with Crippen molar-refractivity contribution in [1.29, 1.82) is 0 Å². The number of anilines is 2. The van der Waals surface area contributed by atoms with E-state index in [1.807, 2.05) is 18.2 Å². The zero-order chi connectivity index (χ0) is 13.2. The van der Waals surface area contributed by atoms with E-state index in [1.54, 1.807) is 0 Å². The Bertz CT molecular complexity index is 593. The standard InChI is InChI=1S/C14H17BrN4/c15-9-6-7-12-11(8-9)13(19-14(16)18-12)17-10-4-2-1-3-5-10/h6-8,10H,1-5H2,(H3,16,17,18,19). The predicted molar refractivity (Wildman–Crippen MR) is 82.1 cm³/mol. The molecule has 3 N–H and O–H groups in total. The fraction of sp³-hybridized carbons (Fsp3) is 0.429. The minimum atomic E-state index is 0.327. The average molecular weight is 321 g/mol. The lowest BCUT2D eigenvalue weighted by atomic mass is 9.95. The van der Waals surface area contributed by atoms with Gasteiger partial charge in [0.2, 0.25) is 5.95 Å². The van der Waals surface area contributed by atoms with Crippen LogP contribution in [0.1, 0.15) is 32.1 Å². The molecule has 1 saturated carbocycles. The summed E-state index contributed by atoms with van der Waals surface area (Å²) in [5, 5.41) is 4.56. The first-order valence-corrected chi connectivity index (χ1v) is 7.51. The van der Waals surface area contributed by atoms with Crippen molar-refractivity contribution in [3.05, 3.63) is 22.7 Å².